The van der Waals surface area contributed by atoms with Crippen LogP contribution in [0.3, 0.4) is 0 Å². The molecule has 0 nitrogen and oxygen atoms in total. The van der Waals surface area contributed by atoms with Gasteiger partial charge in [0.25, 0.3) is 0 Å². The Kier molecular flexibility index (Phi) is 6.36. The van der Waals surface area contributed by atoms with E-state index in [2.05, 4.69) is 52.8 Å². The summed E-state index contributed by atoms with van der Waals surface area (Å²) in [5.74, 6) is 1.27. The van der Waals surface area contributed by atoms with E-state index >= 15 is 0 Å². The van der Waals surface area contributed by atoms with Crippen molar-refractivity contribution in [2.24, 2.45) is 0 Å². The van der Waals surface area contributed by atoms with Crippen LogP contribution in [0.1, 0.15) is 56.2 Å². The maximum atomic E-state index is 2.34. The average molecular weight is 216 g/mol. The van der Waals surface area contributed by atoms with Crippen LogP contribution in [0.25, 0.3) is 0 Å². The van der Waals surface area contributed by atoms with Crippen molar-refractivity contribution in [3.63, 3.8) is 0 Å². The van der Waals surface area contributed by atoms with E-state index in [1.165, 1.54) is 16.7 Å². The summed E-state index contributed by atoms with van der Waals surface area (Å²) in [5, 5.41) is 0. The first-order valence-corrected chi connectivity index (χ1v) is 5.12. The molecule has 1 rings (SSSR count). The summed E-state index contributed by atoms with van der Waals surface area (Å²) in [7, 11) is 0. The zero-order chi connectivity index (χ0) is 10.0. The molecule has 1 aromatic rings. The first kappa shape index (κ1) is 14.5. The zero-order valence-corrected chi connectivity index (χ0v) is 10.4. The molecule has 0 radical (unpaired) electrons. The van der Waals surface area contributed by atoms with Crippen LogP contribution in [-0.2, 0) is 0 Å². The predicted octanol–water partition coefficient (Wildman–Crippen LogP) is 4.24. The van der Waals surface area contributed by atoms with Crippen LogP contribution < -0.4 is 0 Å². The quantitative estimate of drug-likeness (QED) is 0.693. The minimum absolute atomic E-state index is 0. The minimum atomic E-state index is 0. The Bertz CT molecular complexity index is 261. The van der Waals surface area contributed by atoms with E-state index in [1.54, 1.807) is 0 Å². The molecular weight excluding hydrogens is 196 g/mol. The molecule has 0 spiro atoms. The molecule has 0 heterocycles. The van der Waals surface area contributed by atoms with Gasteiger partial charge in [-0.1, -0.05) is 51.5 Å². The monoisotopic (exact) mass is 216 g/mol. The minimum Gasteiger partial charge on any atom is -0.0587 e. The summed E-state index contributed by atoms with van der Waals surface area (Å²) >= 11 is 0. The molecular formula is C13H20Ar. The Morgan fingerprint density at radius 1 is 0.786 bits per heavy atom. The maximum absolute atomic E-state index is 2.34. The molecule has 0 aromatic heterocycles. The van der Waals surface area contributed by atoms with Gasteiger partial charge in [-0.3, -0.25) is 0 Å². The standard InChI is InChI=1S/C13H20.Ar/c1-9(2)12-6-11(5)7-13(8-12)10(3)4;/h6-10H,1-5H3;. The molecule has 0 aliphatic rings. The fourth-order valence-corrected chi connectivity index (χ4v) is 1.51. The van der Waals surface area contributed by atoms with Crippen molar-refractivity contribution in [2.45, 2.75) is 46.5 Å². The first-order chi connectivity index (χ1) is 6.00. The van der Waals surface area contributed by atoms with Gasteiger partial charge in [-0.2, -0.15) is 0 Å². The topological polar surface area (TPSA) is 0 Å². The predicted molar refractivity (Wildman–Crippen MR) is 59.4 cm³/mol. The van der Waals surface area contributed by atoms with Crippen molar-refractivity contribution >= 4 is 0 Å². The van der Waals surface area contributed by atoms with E-state index < -0.39 is 0 Å². The van der Waals surface area contributed by atoms with Crippen LogP contribution in [0.2, 0.25) is 0 Å². The maximum Gasteiger partial charge on any atom is 0 e. The van der Waals surface area contributed by atoms with E-state index in [0.29, 0.717) is 11.8 Å². The van der Waals surface area contributed by atoms with Crippen molar-refractivity contribution < 1.29 is 37.7 Å². The third kappa shape index (κ3) is 3.92. The Morgan fingerprint density at radius 2 is 1.14 bits per heavy atom. The van der Waals surface area contributed by atoms with Gasteiger partial charge >= 0.3 is 0 Å². The third-order valence-corrected chi connectivity index (χ3v) is 2.46. The summed E-state index contributed by atoms with van der Waals surface area (Å²) in [5.41, 5.74) is 4.31. The summed E-state index contributed by atoms with van der Waals surface area (Å²) in [6.07, 6.45) is 0. The van der Waals surface area contributed by atoms with Crippen molar-refractivity contribution in [1.82, 2.24) is 0 Å². The molecule has 0 aliphatic carbocycles. The smallest absolute Gasteiger partial charge is 0 e. The van der Waals surface area contributed by atoms with Crippen molar-refractivity contribution in [1.29, 1.82) is 0 Å². The van der Waals surface area contributed by atoms with Gasteiger partial charge in [-0.05, 0) is 29.9 Å². The largest absolute Gasteiger partial charge is 0.0587 e. The van der Waals surface area contributed by atoms with Gasteiger partial charge in [-0.25, -0.2) is 0 Å². The van der Waals surface area contributed by atoms with E-state index in [1.807, 2.05) is 0 Å². The second-order valence-corrected chi connectivity index (χ2v) is 4.49. The van der Waals surface area contributed by atoms with Crippen molar-refractivity contribution in [3.05, 3.63) is 34.9 Å². The molecule has 1 aromatic carbocycles. The number of aryl methyl sites for hydroxylation is 1. The van der Waals surface area contributed by atoms with Gasteiger partial charge < -0.3 is 0 Å². The summed E-state index contributed by atoms with van der Waals surface area (Å²) in [4.78, 5) is 0. The third-order valence-electron chi connectivity index (χ3n) is 2.46. The molecule has 0 fully saturated rings. The van der Waals surface area contributed by atoms with Crippen molar-refractivity contribution in [3.8, 4) is 0 Å². The van der Waals surface area contributed by atoms with Gasteiger partial charge in [0.1, 0.15) is 0 Å². The van der Waals surface area contributed by atoms with Crippen LogP contribution in [0, 0.1) is 44.7 Å². The summed E-state index contributed by atoms with van der Waals surface area (Å²) in [6.45, 7) is 11.2. The van der Waals surface area contributed by atoms with E-state index in [0.717, 1.165) is 0 Å². The number of benzene rings is 1. The van der Waals surface area contributed by atoms with Crippen LogP contribution in [0.5, 0.6) is 0 Å². The zero-order valence-electron chi connectivity index (χ0n) is 9.74. The van der Waals surface area contributed by atoms with Gasteiger partial charge in [0.2, 0.25) is 0 Å². The Hall–Kier alpha value is 0.480. The van der Waals surface area contributed by atoms with E-state index in [9.17, 15) is 0 Å². The van der Waals surface area contributed by atoms with Crippen LogP contribution in [-0.4, -0.2) is 0 Å². The summed E-state index contributed by atoms with van der Waals surface area (Å²) in [6, 6.07) is 6.91. The molecule has 14 heavy (non-hydrogen) atoms. The molecule has 0 saturated heterocycles. The van der Waals surface area contributed by atoms with Gasteiger partial charge in [0.15, 0.2) is 0 Å². The Morgan fingerprint density at radius 3 is 1.43 bits per heavy atom. The number of hydrogen-bond acceptors (Lipinski definition) is 0. The number of hydrogen-bond donors (Lipinski definition) is 0. The van der Waals surface area contributed by atoms with Gasteiger partial charge in [-0.15, -0.1) is 0 Å². The van der Waals surface area contributed by atoms with Crippen LogP contribution in [0.15, 0.2) is 18.2 Å². The number of rotatable bonds is 2. The second-order valence-electron chi connectivity index (χ2n) is 4.49. The van der Waals surface area contributed by atoms with Gasteiger partial charge in [0.05, 0.1) is 0 Å². The first-order valence-electron chi connectivity index (χ1n) is 5.12. The molecule has 80 valence electrons. The Balaban J connectivity index is 0.00000169. The molecule has 0 N–H and O–H groups in total. The van der Waals surface area contributed by atoms with E-state index in [-0.39, 0.29) is 37.7 Å². The fourth-order valence-electron chi connectivity index (χ4n) is 1.51. The molecule has 0 amide bonds. The van der Waals surface area contributed by atoms with E-state index in [4.69, 9.17) is 0 Å². The van der Waals surface area contributed by atoms with Crippen LogP contribution >= 0.6 is 0 Å². The fraction of sp³-hybridized carbons (Fsp3) is 0.538. The normalized spacial score (nSPS) is 10.5. The van der Waals surface area contributed by atoms with Crippen molar-refractivity contribution in [2.75, 3.05) is 0 Å². The molecule has 0 atom stereocenters. The summed E-state index contributed by atoms with van der Waals surface area (Å²) < 4.78 is 0. The van der Waals surface area contributed by atoms with Crippen LogP contribution in [0.4, 0.5) is 0 Å². The molecule has 0 bridgehead atoms. The molecule has 0 aliphatic heterocycles. The second kappa shape index (κ2) is 6.15. The van der Waals surface area contributed by atoms with Gasteiger partial charge in [0, 0.05) is 37.7 Å². The SMILES string of the molecule is Cc1cc(C(C)C)cc(C(C)C)c1.[Ar]. The Labute approximate surface area is 118 Å². The molecule has 0 unspecified atom stereocenters. The molecule has 0 saturated carbocycles. The molecule has 1 heteroatoms. The average Bonchev–Trinajstić information content (AvgIpc) is 2.03.